The maximum atomic E-state index is 12.6. The summed E-state index contributed by atoms with van der Waals surface area (Å²) in [7, 11) is 0. The second-order valence-electron chi connectivity index (χ2n) is 2.21. The Balaban J connectivity index is 0.00000169. The number of carboxylic acids is 1. The van der Waals surface area contributed by atoms with Gasteiger partial charge >= 0.3 is 22.4 Å². The summed E-state index contributed by atoms with van der Waals surface area (Å²) in [6.45, 7) is 0. The molecule has 0 amide bonds. The van der Waals surface area contributed by atoms with E-state index in [1.807, 2.05) is 0 Å². The minimum absolute atomic E-state index is 0. The number of nitrogens with zero attached hydrogens (tertiary/aromatic N) is 1. The molecule has 0 saturated heterocycles. The Bertz CT molecular complexity index is 382. The summed E-state index contributed by atoms with van der Waals surface area (Å²) in [6.07, 6.45) is 0. The van der Waals surface area contributed by atoms with Gasteiger partial charge in [-0.15, -0.1) is 0 Å². The van der Waals surface area contributed by atoms with Gasteiger partial charge in [0.2, 0.25) is 0 Å². The summed E-state index contributed by atoms with van der Waals surface area (Å²) in [6, 6.07) is 2.20. The fourth-order valence-electron chi connectivity index (χ4n) is 0.783. The van der Waals surface area contributed by atoms with E-state index in [4.69, 9.17) is 0 Å². The van der Waals surface area contributed by atoms with Crippen molar-refractivity contribution in [2.45, 2.75) is 0 Å². The van der Waals surface area contributed by atoms with E-state index in [0.717, 1.165) is 6.07 Å². The molecule has 0 aliphatic carbocycles. The van der Waals surface area contributed by atoms with Crippen LogP contribution in [0.1, 0.15) is 10.4 Å². The van der Waals surface area contributed by atoms with Crippen molar-refractivity contribution < 1.29 is 41.6 Å². The molecule has 1 aromatic rings. The van der Waals surface area contributed by atoms with Crippen LogP contribution in [-0.4, -0.2) is 10.9 Å². The Morgan fingerprint density at radius 2 is 2.00 bits per heavy atom. The minimum atomic E-state index is -1.78. The van der Waals surface area contributed by atoms with Crippen molar-refractivity contribution in [2.24, 2.45) is 0 Å². The van der Waals surface area contributed by atoms with Gasteiger partial charge in [0.05, 0.1) is 10.9 Å². The molecular formula is C7H3AgFNO4. The third-order valence-electron chi connectivity index (χ3n) is 1.38. The zero-order valence-electron chi connectivity index (χ0n) is 6.49. The maximum absolute atomic E-state index is 12.6. The first-order valence-corrected chi connectivity index (χ1v) is 3.17. The van der Waals surface area contributed by atoms with Crippen LogP contribution >= 0.6 is 0 Å². The molecule has 0 heterocycles. The van der Waals surface area contributed by atoms with Crippen LogP contribution in [0.2, 0.25) is 0 Å². The van der Waals surface area contributed by atoms with E-state index in [1.165, 1.54) is 0 Å². The fourth-order valence-corrected chi connectivity index (χ4v) is 0.783. The summed E-state index contributed by atoms with van der Waals surface area (Å²) in [4.78, 5) is 19.6. The standard InChI is InChI=1S/C7H4FNO4.Ag/c8-6-2-1-4(9(12)13)3-5(6)7(10)11;/h1-3H,(H,10,11);/q;+1/p-1. The molecule has 1 aromatic carbocycles. The Hall–Kier alpha value is -1.24. The number of benzene rings is 1. The van der Waals surface area contributed by atoms with E-state index in [0.29, 0.717) is 12.1 Å². The van der Waals surface area contributed by atoms with Crippen molar-refractivity contribution in [2.75, 3.05) is 0 Å². The molecule has 5 nitrogen and oxygen atoms in total. The van der Waals surface area contributed by atoms with Crippen LogP contribution in [0, 0.1) is 15.9 Å². The number of hydrogen-bond donors (Lipinski definition) is 0. The molecule has 78 valence electrons. The molecule has 7 heteroatoms. The van der Waals surface area contributed by atoms with Gasteiger partial charge in [-0.1, -0.05) is 0 Å². The first-order valence-electron chi connectivity index (χ1n) is 3.17. The molecule has 0 aliphatic heterocycles. The van der Waals surface area contributed by atoms with Gasteiger partial charge in [0.15, 0.2) is 0 Å². The largest absolute Gasteiger partial charge is 1.00 e. The summed E-state index contributed by atoms with van der Waals surface area (Å²) in [5, 5.41) is 20.4. The average molecular weight is 292 g/mol. The maximum Gasteiger partial charge on any atom is 1.00 e. The molecule has 1 rings (SSSR count). The summed E-state index contributed by atoms with van der Waals surface area (Å²) in [5.74, 6) is -2.83. The topological polar surface area (TPSA) is 83.3 Å². The summed E-state index contributed by atoms with van der Waals surface area (Å²) in [5.41, 5.74) is -1.30. The van der Waals surface area contributed by atoms with Crippen LogP contribution in [0.3, 0.4) is 0 Å². The second-order valence-corrected chi connectivity index (χ2v) is 2.21. The Morgan fingerprint density at radius 3 is 2.43 bits per heavy atom. The first-order chi connectivity index (χ1) is 6.02. The van der Waals surface area contributed by atoms with Crippen LogP contribution in [-0.2, 0) is 22.4 Å². The Morgan fingerprint density at radius 1 is 1.43 bits per heavy atom. The van der Waals surface area contributed by atoms with E-state index in [9.17, 15) is 24.4 Å². The van der Waals surface area contributed by atoms with Crippen molar-refractivity contribution in [3.8, 4) is 0 Å². The van der Waals surface area contributed by atoms with Crippen LogP contribution in [0.4, 0.5) is 10.1 Å². The summed E-state index contributed by atoms with van der Waals surface area (Å²) >= 11 is 0. The number of nitro benzene ring substituents is 1. The minimum Gasteiger partial charge on any atom is -0.545 e. The number of hydrogen-bond acceptors (Lipinski definition) is 4. The molecule has 0 atom stereocenters. The zero-order valence-corrected chi connectivity index (χ0v) is 7.97. The number of non-ortho nitro benzene ring substituents is 1. The predicted molar refractivity (Wildman–Crippen MR) is 37.4 cm³/mol. The molecule has 0 spiro atoms. The van der Waals surface area contributed by atoms with Gasteiger partial charge in [-0.25, -0.2) is 4.39 Å². The van der Waals surface area contributed by atoms with Gasteiger partial charge in [0.1, 0.15) is 5.82 Å². The third-order valence-corrected chi connectivity index (χ3v) is 1.38. The Kier molecular flexibility index (Phi) is 4.42. The smallest absolute Gasteiger partial charge is 0.545 e. The van der Waals surface area contributed by atoms with E-state index < -0.39 is 28.0 Å². The first kappa shape index (κ1) is 12.8. The number of carbonyl (C=O) groups is 1. The van der Waals surface area contributed by atoms with Crippen LogP contribution in [0.25, 0.3) is 0 Å². The number of halogens is 1. The van der Waals surface area contributed by atoms with Gasteiger partial charge in [0, 0.05) is 17.7 Å². The van der Waals surface area contributed by atoms with Gasteiger partial charge in [0.25, 0.3) is 5.69 Å². The number of rotatable bonds is 2. The van der Waals surface area contributed by atoms with Gasteiger partial charge in [-0.05, 0) is 6.07 Å². The molecule has 0 fully saturated rings. The second kappa shape index (κ2) is 4.85. The zero-order chi connectivity index (χ0) is 10.0. The molecule has 0 aliphatic rings. The van der Waals surface area contributed by atoms with E-state index in [-0.39, 0.29) is 22.4 Å². The third kappa shape index (κ3) is 2.63. The van der Waals surface area contributed by atoms with Gasteiger partial charge in [-0.3, -0.25) is 10.1 Å². The molecule has 0 radical (unpaired) electrons. The SMILES string of the molecule is O=C([O-])c1cc([N+](=O)[O-])ccc1F.[Ag+]. The average Bonchev–Trinajstić information content (AvgIpc) is 2.04. The van der Waals surface area contributed by atoms with Crippen molar-refractivity contribution in [3.05, 3.63) is 39.7 Å². The number of aromatic carboxylic acids is 1. The van der Waals surface area contributed by atoms with Crippen molar-refractivity contribution in [1.82, 2.24) is 0 Å². The fraction of sp³-hybridized carbons (Fsp3) is 0. The van der Waals surface area contributed by atoms with Crippen molar-refractivity contribution in [3.63, 3.8) is 0 Å². The van der Waals surface area contributed by atoms with Crippen LogP contribution < -0.4 is 5.11 Å². The van der Waals surface area contributed by atoms with Crippen molar-refractivity contribution >= 4 is 11.7 Å². The monoisotopic (exact) mass is 291 g/mol. The van der Waals surface area contributed by atoms with E-state index >= 15 is 0 Å². The number of carbonyl (C=O) groups excluding carboxylic acids is 1. The molecule has 14 heavy (non-hydrogen) atoms. The van der Waals surface area contributed by atoms with Crippen molar-refractivity contribution in [1.29, 1.82) is 0 Å². The molecular weight excluding hydrogens is 289 g/mol. The molecule has 0 aromatic heterocycles. The summed E-state index contributed by atoms with van der Waals surface area (Å²) < 4.78 is 12.6. The Labute approximate surface area is 93.2 Å². The van der Waals surface area contributed by atoms with Gasteiger partial charge < -0.3 is 9.90 Å². The number of carboxylic acid groups (broad SMARTS) is 1. The van der Waals surface area contributed by atoms with E-state index in [1.54, 1.807) is 0 Å². The molecule has 0 unspecified atom stereocenters. The number of nitro groups is 1. The molecule has 0 N–H and O–H groups in total. The molecule has 0 bridgehead atoms. The van der Waals surface area contributed by atoms with Crippen LogP contribution in [0.5, 0.6) is 0 Å². The normalized spacial score (nSPS) is 8.93. The predicted octanol–water partition coefficient (Wildman–Crippen LogP) is 0.0949. The van der Waals surface area contributed by atoms with Gasteiger partial charge in [-0.2, -0.15) is 0 Å². The quantitative estimate of drug-likeness (QED) is 0.439. The van der Waals surface area contributed by atoms with Crippen LogP contribution in [0.15, 0.2) is 18.2 Å². The van der Waals surface area contributed by atoms with E-state index in [2.05, 4.69) is 0 Å². The molecule has 0 saturated carbocycles.